The Morgan fingerprint density at radius 2 is 2.08 bits per heavy atom. The van der Waals surface area contributed by atoms with Crippen molar-refractivity contribution in [3.05, 3.63) is 0 Å². The van der Waals surface area contributed by atoms with Crippen LogP contribution in [0.3, 0.4) is 0 Å². The summed E-state index contributed by atoms with van der Waals surface area (Å²) < 4.78 is 0. The molecule has 0 bridgehead atoms. The van der Waals surface area contributed by atoms with Crippen LogP contribution in [0.1, 0.15) is 6.92 Å². The predicted octanol–water partition coefficient (Wildman–Crippen LogP) is -2.44. The Labute approximate surface area is 76.5 Å². The van der Waals surface area contributed by atoms with E-state index in [4.69, 9.17) is 10.8 Å². The SMILES string of the molecule is C[C@@H](CO)NC(=O)C(=O)NCCN. The number of aliphatic hydroxyl groups excluding tert-OH is 1. The molecule has 6 nitrogen and oxygen atoms in total. The number of rotatable bonds is 4. The van der Waals surface area contributed by atoms with E-state index in [1.165, 1.54) is 0 Å². The highest BCUT2D eigenvalue weighted by molar-refractivity contribution is 6.35. The molecular weight excluding hydrogens is 174 g/mol. The zero-order valence-corrected chi connectivity index (χ0v) is 7.54. The maximum atomic E-state index is 10.9. The van der Waals surface area contributed by atoms with E-state index >= 15 is 0 Å². The van der Waals surface area contributed by atoms with Crippen molar-refractivity contribution in [2.45, 2.75) is 13.0 Å². The van der Waals surface area contributed by atoms with Crippen LogP contribution in [0.5, 0.6) is 0 Å². The second-order valence-electron chi connectivity index (χ2n) is 2.60. The van der Waals surface area contributed by atoms with Gasteiger partial charge in [0.15, 0.2) is 0 Å². The summed E-state index contributed by atoms with van der Waals surface area (Å²) in [4.78, 5) is 21.8. The molecular formula is C7H15N3O3. The molecule has 5 N–H and O–H groups in total. The van der Waals surface area contributed by atoms with Gasteiger partial charge in [0.25, 0.3) is 0 Å². The molecule has 0 fully saturated rings. The minimum Gasteiger partial charge on any atom is -0.394 e. The number of carbonyl (C=O) groups excluding carboxylic acids is 2. The number of nitrogens with one attached hydrogen (secondary N) is 2. The van der Waals surface area contributed by atoms with E-state index in [0.717, 1.165) is 0 Å². The van der Waals surface area contributed by atoms with Crippen LogP contribution in [0.25, 0.3) is 0 Å². The van der Waals surface area contributed by atoms with Gasteiger partial charge in [-0.25, -0.2) is 0 Å². The van der Waals surface area contributed by atoms with Gasteiger partial charge >= 0.3 is 11.8 Å². The van der Waals surface area contributed by atoms with Gasteiger partial charge in [0.05, 0.1) is 6.61 Å². The summed E-state index contributed by atoms with van der Waals surface area (Å²) in [5, 5.41) is 13.2. The molecule has 0 saturated carbocycles. The number of hydrogen-bond donors (Lipinski definition) is 4. The number of hydrogen-bond acceptors (Lipinski definition) is 4. The molecule has 1 atom stereocenters. The van der Waals surface area contributed by atoms with Crippen molar-refractivity contribution in [1.29, 1.82) is 0 Å². The quantitative estimate of drug-likeness (QED) is 0.369. The topological polar surface area (TPSA) is 104 Å². The fourth-order valence-corrected chi connectivity index (χ4v) is 0.601. The lowest BCUT2D eigenvalue weighted by Gasteiger charge is -2.09. The molecule has 0 aromatic rings. The number of aliphatic hydroxyl groups is 1. The van der Waals surface area contributed by atoms with Gasteiger partial charge in [-0.2, -0.15) is 0 Å². The molecule has 0 aromatic carbocycles. The van der Waals surface area contributed by atoms with Gasteiger partial charge in [-0.15, -0.1) is 0 Å². The fraction of sp³-hybridized carbons (Fsp3) is 0.714. The minimum absolute atomic E-state index is 0.199. The molecule has 76 valence electrons. The molecule has 0 aliphatic carbocycles. The predicted molar refractivity (Wildman–Crippen MR) is 46.8 cm³/mol. The van der Waals surface area contributed by atoms with Crippen LogP contribution in [0.4, 0.5) is 0 Å². The standard InChI is InChI=1S/C7H15N3O3/c1-5(4-11)10-7(13)6(12)9-3-2-8/h5,11H,2-4,8H2,1H3,(H,9,12)(H,10,13)/t5-/m0/s1. The second-order valence-corrected chi connectivity index (χ2v) is 2.60. The van der Waals surface area contributed by atoms with Crippen molar-refractivity contribution in [2.75, 3.05) is 19.7 Å². The highest BCUT2D eigenvalue weighted by Crippen LogP contribution is 1.78. The third kappa shape index (κ3) is 5.15. The van der Waals surface area contributed by atoms with Gasteiger partial charge in [-0.1, -0.05) is 0 Å². The Kier molecular flexibility index (Phi) is 5.82. The Bertz CT molecular complexity index is 184. The molecule has 0 rings (SSSR count). The van der Waals surface area contributed by atoms with Crippen molar-refractivity contribution in [3.8, 4) is 0 Å². The first-order valence-electron chi connectivity index (χ1n) is 4.01. The molecule has 6 heteroatoms. The number of amides is 2. The average molecular weight is 189 g/mol. The summed E-state index contributed by atoms with van der Waals surface area (Å²) in [6.45, 7) is 1.94. The highest BCUT2D eigenvalue weighted by Gasteiger charge is 2.14. The molecule has 0 aliphatic heterocycles. The van der Waals surface area contributed by atoms with E-state index in [2.05, 4.69) is 10.6 Å². The van der Waals surface area contributed by atoms with E-state index < -0.39 is 17.9 Å². The highest BCUT2D eigenvalue weighted by atomic mass is 16.3. The summed E-state index contributed by atoms with van der Waals surface area (Å²) in [7, 11) is 0. The first-order chi connectivity index (χ1) is 6.11. The lowest BCUT2D eigenvalue weighted by atomic mass is 10.3. The molecule has 0 aliphatic rings. The van der Waals surface area contributed by atoms with E-state index in [1.807, 2.05) is 0 Å². The third-order valence-corrected chi connectivity index (χ3v) is 1.29. The van der Waals surface area contributed by atoms with Gasteiger partial charge in [-0.05, 0) is 6.92 Å². The van der Waals surface area contributed by atoms with Crippen molar-refractivity contribution in [3.63, 3.8) is 0 Å². The summed E-state index contributed by atoms with van der Waals surface area (Å²) >= 11 is 0. The number of nitrogens with two attached hydrogens (primary N) is 1. The maximum Gasteiger partial charge on any atom is 0.309 e. The van der Waals surface area contributed by atoms with Crippen LogP contribution in [0.15, 0.2) is 0 Å². The van der Waals surface area contributed by atoms with Crippen LogP contribution < -0.4 is 16.4 Å². The molecule has 13 heavy (non-hydrogen) atoms. The molecule has 0 radical (unpaired) electrons. The van der Waals surface area contributed by atoms with Crippen molar-refractivity contribution in [2.24, 2.45) is 5.73 Å². The molecule has 0 unspecified atom stereocenters. The first-order valence-corrected chi connectivity index (χ1v) is 4.01. The third-order valence-electron chi connectivity index (χ3n) is 1.29. The fourth-order valence-electron chi connectivity index (χ4n) is 0.601. The minimum atomic E-state index is -0.755. The Morgan fingerprint density at radius 1 is 1.46 bits per heavy atom. The summed E-state index contributed by atoms with van der Waals surface area (Å²) in [5.41, 5.74) is 5.12. The zero-order valence-electron chi connectivity index (χ0n) is 7.54. The van der Waals surface area contributed by atoms with Gasteiger partial charge in [-0.3, -0.25) is 9.59 Å². The van der Waals surface area contributed by atoms with Crippen molar-refractivity contribution >= 4 is 11.8 Å². The lowest BCUT2D eigenvalue weighted by molar-refractivity contribution is -0.139. The van der Waals surface area contributed by atoms with Crippen molar-refractivity contribution < 1.29 is 14.7 Å². The Morgan fingerprint density at radius 3 is 2.54 bits per heavy atom. The molecule has 0 spiro atoms. The number of carbonyl (C=O) groups is 2. The molecule has 0 aromatic heterocycles. The van der Waals surface area contributed by atoms with Crippen molar-refractivity contribution in [1.82, 2.24) is 10.6 Å². The normalized spacial score (nSPS) is 11.9. The van der Waals surface area contributed by atoms with Gasteiger partial charge in [0.1, 0.15) is 0 Å². The molecule has 0 saturated heterocycles. The van der Waals surface area contributed by atoms with Crippen LogP contribution in [0, 0.1) is 0 Å². The van der Waals surface area contributed by atoms with E-state index in [0.29, 0.717) is 0 Å². The zero-order chi connectivity index (χ0) is 10.3. The van der Waals surface area contributed by atoms with Gasteiger partial charge in [0.2, 0.25) is 0 Å². The second kappa shape index (κ2) is 6.38. The van der Waals surface area contributed by atoms with Gasteiger partial charge in [0, 0.05) is 19.1 Å². The summed E-state index contributed by atoms with van der Waals surface area (Å²) in [5.74, 6) is -1.49. The monoisotopic (exact) mass is 189 g/mol. The molecule has 0 heterocycles. The van der Waals surface area contributed by atoms with Crippen LogP contribution in [0.2, 0.25) is 0 Å². The van der Waals surface area contributed by atoms with Gasteiger partial charge < -0.3 is 21.5 Å². The maximum absolute atomic E-state index is 10.9. The van der Waals surface area contributed by atoms with E-state index in [1.54, 1.807) is 6.92 Å². The average Bonchev–Trinajstić information content (AvgIpc) is 2.13. The summed E-state index contributed by atoms with van der Waals surface area (Å²) in [6.07, 6.45) is 0. The lowest BCUT2D eigenvalue weighted by Crippen LogP contribution is -2.45. The van der Waals surface area contributed by atoms with E-state index in [-0.39, 0.29) is 19.7 Å². The Balaban J connectivity index is 3.76. The van der Waals surface area contributed by atoms with Crippen LogP contribution in [-0.4, -0.2) is 42.7 Å². The summed E-state index contributed by atoms with van der Waals surface area (Å²) in [6, 6.07) is -0.420. The van der Waals surface area contributed by atoms with Crippen LogP contribution >= 0.6 is 0 Å². The van der Waals surface area contributed by atoms with E-state index in [9.17, 15) is 9.59 Å². The largest absolute Gasteiger partial charge is 0.394 e. The smallest absolute Gasteiger partial charge is 0.309 e. The first kappa shape index (κ1) is 11.9. The van der Waals surface area contributed by atoms with Crippen LogP contribution in [-0.2, 0) is 9.59 Å². The molecule has 2 amide bonds. The Hall–Kier alpha value is -1.14.